The zero-order valence-electron chi connectivity index (χ0n) is 23.6. The summed E-state index contributed by atoms with van der Waals surface area (Å²) in [4.78, 5) is 33.7. The molecule has 1 aromatic heterocycles. The monoisotopic (exact) mass is 553 g/mol. The van der Waals surface area contributed by atoms with Gasteiger partial charge in [-0.3, -0.25) is 9.59 Å². The molecule has 1 atom stereocenters. The molecule has 39 heavy (non-hydrogen) atoms. The Bertz CT molecular complexity index is 1360. The SMILES string of the molecule is Cc1cc(C)c(CN2CCc3c(Cl)c4c(c(C)c3C2=O)OC(C)(C2CCC(N3CCCCC3)CC2)O4)c(=O)[nH]1. The van der Waals surface area contributed by atoms with Crippen LogP contribution in [-0.2, 0) is 13.0 Å². The van der Waals surface area contributed by atoms with Crippen LogP contribution in [0, 0.1) is 26.7 Å². The minimum Gasteiger partial charge on any atom is -0.448 e. The number of aromatic amines is 1. The highest BCUT2D eigenvalue weighted by molar-refractivity contribution is 6.34. The van der Waals surface area contributed by atoms with E-state index < -0.39 is 5.79 Å². The van der Waals surface area contributed by atoms with Crippen molar-refractivity contribution in [3.8, 4) is 11.5 Å². The maximum atomic E-state index is 13.8. The number of rotatable bonds is 4. The van der Waals surface area contributed by atoms with E-state index in [1.807, 2.05) is 33.8 Å². The smallest absolute Gasteiger partial charge is 0.254 e. The van der Waals surface area contributed by atoms with E-state index in [9.17, 15) is 9.59 Å². The van der Waals surface area contributed by atoms with Crippen molar-refractivity contribution < 1.29 is 14.3 Å². The first-order chi connectivity index (χ1) is 18.7. The number of nitrogens with zero attached hydrogens (tertiary/aromatic N) is 2. The summed E-state index contributed by atoms with van der Waals surface area (Å²) in [6.45, 7) is 11.0. The lowest BCUT2D eigenvalue weighted by molar-refractivity contribution is -0.124. The molecule has 210 valence electrons. The van der Waals surface area contributed by atoms with Crippen LogP contribution in [0.1, 0.15) is 90.2 Å². The second kappa shape index (κ2) is 10.2. The number of hydrogen-bond donors (Lipinski definition) is 1. The van der Waals surface area contributed by atoms with Crippen molar-refractivity contribution in [3.63, 3.8) is 0 Å². The molecule has 1 unspecified atom stereocenters. The maximum Gasteiger partial charge on any atom is 0.254 e. The molecule has 3 aliphatic heterocycles. The van der Waals surface area contributed by atoms with E-state index in [1.165, 1.54) is 32.4 Å². The topological polar surface area (TPSA) is 74.9 Å². The molecule has 8 heteroatoms. The van der Waals surface area contributed by atoms with Gasteiger partial charge in [0.2, 0.25) is 0 Å². The molecule has 1 saturated carbocycles. The van der Waals surface area contributed by atoms with E-state index in [4.69, 9.17) is 21.1 Å². The predicted molar refractivity (Wildman–Crippen MR) is 152 cm³/mol. The number of amides is 1. The Hall–Kier alpha value is -2.51. The minimum absolute atomic E-state index is 0.114. The van der Waals surface area contributed by atoms with Crippen LogP contribution in [0.3, 0.4) is 0 Å². The van der Waals surface area contributed by atoms with Gasteiger partial charge in [0.25, 0.3) is 17.3 Å². The molecule has 4 aliphatic rings. The summed E-state index contributed by atoms with van der Waals surface area (Å²) in [5.41, 5.74) is 4.38. The van der Waals surface area contributed by atoms with Gasteiger partial charge in [0.05, 0.1) is 17.1 Å². The van der Waals surface area contributed by atoms with Gasteiger partial charge in [-0.05, 0) is 96.0 Å². The second-order valence-corrected chi connectivity index (χ2v) is 12.6. The number of nitrogens with one attached hydrogen (secondary N) is 1. The van der Waals surface area contributed by atoms with E-state index >= 15 is 0 Å². The van der Waals surface area contributed by atoms with Crippen LogP contribution in [0.15, 0.2) is 10.9 Å². The van der Waals surface area contributed by atoms with E-state index in [-0.39, 0.29) is 23.9 Å². The Morgan fingerprint density at radius 2 is 1.69 bits per heavy atom. The molecule has 0 spiro atoms. The predicted octanol–water partition coefficient (Wildman–Crippen LogP) is 5.68. The number of aryl methyl sites for hydroxylation is 2. The summed E-state index contributed by atoms with van der Waals surface area (Å²) in [5.74, 6) is 0.543. The Morgan fingerprint density at radius 1 is 1.00 bits per heavy atom. The highest BCUT2D eigenvalue weighted by Gasteiger charge is 2.49. The first-order valence-corrected chi connectivity index (χ1v) is 15.0. The number of H-pyrrole nitrogens is 1. The van der Waals surface area contributed by atoms with Crippen molar-refractivity contribution in [2.75, 3.05) is 19.6 Å². The van der Waals surface area contributed by atoms with E-state index in [0.29, 0.717) is 46.7 Å². The number of aromatic nitrogens is 1. The van der Waals surface area contributed by atoms with Crippen molar-refractivity contribution in [2.24, 2.45) is 5.92 Å². The molecule has 4 heterocycles. The van der Waals surface area contributed by atoms with Crippen LogP contribution in [0.5, 0.6) is 11.5 Å². The Kier molecular flexibility index (Phi) is 6.95. The highest BCUT2D eigenvalue weighted by atomic mass is 35.5. The fraction of sp³-hybridized carbons (Fsp3) is 0.613. The number of piperidine rings is 1. The quantitative estimate of drug-likeness (QED) is 0.527. The number of ether oxygens (including phenoxy) is 2. The van der Waals surface area contributed by atoms with Crippen molar-refractivity contribution in [3.05, 3.63) is 55.0 Å². The molecule has 1 aromatic carbocycles. The van der Waals surface area contributed by atoms with Crippen LogP contribution < -0.4 is 15.0 Å². The molecular formula is C31H40ClN3O4. The lowest BCUT2D eigenvalue weighted by atomic mass is 9.80. The third-order valence-electron chi connectivity index (χ3n) is 9.62. The maximum absolute atomic E-state index is 13.8. The largest absolute Gasteiger partial charge is 0.448 e. The lowest BCUT2D eigenvalue weighted by Crippen LogP contribution is -2.48. The van der Waals surface area contributed by atoms with Crippen LogP contribution >= 0.6 is 11.6 Å². The number of likely N-dealkylation sites (tertiary alicyclic amines) is 1. The van der Waals surface area contributed by atoms with Crippen molar-refractivity contribution in [1.29, 1.82) is 0 Å². The van der Waals surface area contributed by atoms with Gasteiger partial charge >= 0.3 is 0 Å². The van der Waals surface area contributed by atoms with E-state index in [0.717, 1.165) is 48.1 Å². The van der Waals surface area contributed by atoms with Gasteiger partial charge in [-0.1, -0.05) is 18.0 Å². The molecule has 0 bridgehead atoms. The van der Waals surface area contributed by atoms with Gasteiger partial charge in [0.15, 0.2) is 11.5 Å². The molecule has 1 saturated heterocycles. The fourth-order valence-electron chi connectivity index (χ4n) is 7.36. The number of benzene rings is 1. The summed E-state index contributed by atoms with van der Waals surface area (Å²) in [5, 5.41) is 0.494. The van der Waals surface area contributed by atoms with Crippen LogP contribution in [0.4, 0.5) is 0 Å². The zero-order valence-corrected chi connectivity index (χ0v) is 24.4. The summed E-state index contributed by atoms with van der Waals surface area (Å²) in [6, 6.07) is 2.61. The van der Waals surface area contributed by atoms with E-state index in [2.05, 4.69) is 9.88 Å². The number of halogens is 1. The first kappa shape index (κ1) is 26.7. The van der Waals surface area contributed by atoms with Gasteiger partial charge in [-0.25, -0.2) is 0 Å². The summed E-state index contributed by atoms with van der Waals surface area (Å²) >= 11 is 6.94. The van der Waals surface area contributed by atoms with Crippen molar-refractivity contribution in [1.82, 2.24) is 14.8 Å². The summed E-state index contributed by atoms with van der Waals surface area (Å²) in [6.07, 6.45) is 9.04. The van der Waals surface area contributed by atoms with Crippen LogP contribution in [0.2, 0.25) is 5.02 Å². The Labute approximate surface area is 235 Å². The number of carbonyl (C=O) groups is 1. The lowest BCUT2D eigenvalue weighted by Gasteiger charge is -2.42. The molecule has 0 radical (unpaired) electrons. The fourth-order valence-corrected chi connectivity index (χ4v) is 7.68. The molecule has 1 N–H and O–H groups in total. The summed E-state index contributed by atoms with van der Waals surface area (Å²) in [7, 11) is 0. The van der Waals surface area contributed by atoms with Crippen molar-refractivity contribution >= 4 is 17.5 Å². The molecular weight excluding hydrogens is 514 g/mol. The minimum atomic E-state index is -0.789. The number of carbonyl (C=O) groups excluding carboxylic acids is 1. The third-order valence-corrected chi connectivity index (χ3v) is 10.0. The average Bonchev–Trinajstić information content (AvgIpc) is 3.30. The first-order valence-electron chi connectivity index (χ1n) is 14.6. The zero-order chi connectivity index (χ0) is 27.5. The third kappa shape index (κ3) is 4.65. The van der Waals surface area contributed by atoms with Crippen LogP contribution in [0.25, 0.3) is 0 Å². The Balaban J connectivity index is 1.22. The van der Waals surface area contributed by atoms with Crippen molar-refractivity contribution in [2.45, 2.75) is 97.4 Å². The molecule has 2 aromatic rings. The second-order valence-electron chi connectivity index (χ2n) is 12.2. The number of fused-ring (bicyclic) bond motifs is 2. The number of pyridine rings is 1. The van der Waals surface area contributed by atoms with Gasteiger partial charge in [-0.2, -0.15) is 0 Å². The molecule has 6 rings (SSSR count). The highest BCUT2D eigenvalue weighted by Crippen LogP contribution is 2.54. The normalized spacial score (nSPS) is 27.1. The average molecular weight is 554 g/mol. The molecule has 1 amide bonds. The number of hydrogen-bond acceptors (Lipinski definition) is 5. The molecule has 2 fully saturated rings. The summed E-state index contributed by atoms with van der Waals surface area (Å²) < 4.78 is 13.2. The molecule has 1 aliphatic carbocycles. The standard InChI is InChI=1S/C31H40ClN3O4/c1-18-16-19(2)33-29(36)24(18)17-35-15-12-23-25(30(35)37)20(3)27-28(26(23)32)39-31(4,38-27)21-8-10-22(11-9-21)34-13-6-5-7-14-34/h16,21-22H,5-15,17H2,1-4H3,(H,33,36). The molecule has 7 nitrogen and oxygen atoms in total. The Morgan fingerprint density at radius 3 is 2.38 bits per heavy atom. The van der Waals surface area contributed by atoms with E-state index in [1.54, 1.807) is 4.90 Å². The van der Waals surface area contributed by atoms with Gasteiger partial charge in [0, 0.05) is 42.2 Å². The van der Waals surface area contributed by atoms with Gasteiger partial charge in [0.1, 0.15) is 0 Å². The van der Waals surface area contributed by atoms with Gasteiger partial charge < -0.3 is 24.3 Å². The van der Waals surface area contributed by atoms with Gasteiger partial charge in [-0.15, -0.1) is 0 Å². The van der Waals surface area contributed by atoms with Crippen LogP contribution in [-0.4, -0.2) is 52.2 Å².